The predicted molar refractivity (Wildman–Crippen MR) is 81.4 cm³/mol. The van der Waals surface area contributed by atoms with E-state index >= 15 is 0 Å². The minimum absolute atomic E-state index is 0.553. The second-order valence-electron chi connectivity index (χ2n) is 4.71. The van der Waals surface area contributed by atoms with E-state index in [0.29, 0.717) is 23.5 Å². The molecule has 0 atom stereocenters. The van der Waals surface area contributed by atoms with Crippen LogP contribution < -0.4 is 9.47 Å². The number of hydrogen-bond acceptors (Lipinski definition) is 4. The van der Waals surface area contributed by atoms with E-state index in [1.165, 1.54) is 5.56 Å². The molecule has 0 radical (unpaired) electrons. The lowest BCUT2D eigenvalue weighted by Crippen LogP contribution is -2.00. The van der Waals surface area contributed by atoms with Crippen LogP contribution in [0.1, 0.15) is 34.1 Å². The number of carbonyl (C=O) groups is 1. The molecule has 2 aromatic rings. The number of ether oxygens (including phenoxy) is 2. The molecule has 1 aromatic carbocycles. The summed E-state index contributed by atoms with van der Waals surface area (Å²) in [6.07, 6.45) is 4.25. The quantitative estimate of drug-likeness (QED) is 0.765. The Morgan fingerprint density at radius 2 is 1.86 bits per heavy atom. The van der Waals surface area contributed by atoms with Crippen molar-refractivity contribution < 1.29 is 14.3 Å². The van der Waals surface area contributed by atoms with Crippen molar-refractivity contribution in [2.24, 2.45) is 0 Å². The van der Waals surface area contributed by atoms with E-state index in [1.54, 1.807) is 20.3 Å². The van der Waals surface area contributed by atoms with Crippen LogP contribution in [0, 0.1) is 0 Å². The van der Waals surface area contributed by atoms with Gasteiger partial charge >= 0.3 is 0 Å². The number of methoxy groups -OCH3 is 2. The zero-order chi connectivity index (χ0) is 15.2. The van der Waals surface area contributed by atoms with Gasteiger partial charge in [0.1, 0.15) is 6.29 Å². The Morgan fingerprint density at radius 1 is 1.14 bits per heavy atom. The van der Waals surface area contributed by atoms with Crippen LogP contribution in [0.2, 0.25) is 0 Å². The summed E-state index contributed by atoms with van der Waals surface area (Å²) in [4.78, 5) is 15.7. The highest BCUT2D eigenvalue weighted by Crippen LogP contribution is 2.30. The third-order valence-corrected chi connectivity index (χ3v) is 3.44. The Morgan fingerprint density at radius 3 is 2.38 bits per heavy atom. The number of aryl methyl sites for hydroxylation is 1. The van der Waals surface area contributed by atoms with Crippen LogP contribution >= 0.6 is 0 Å². The summed E-state index contributed by atoms with van der Waals surface area (Å²) >= 11 is 0. The summed E-state index contributed by atoms with van der Waals surface area (Å²) < 4.78 is 10.5. The second kappa shape index (κ2) is 6.88. The van der Waals surface area contributed by atoms with Crippen molar-refractivity contribution >= 4 is 6.29 Å². The van der Waals surface area contributed by atoms with E-state index in [4.69, 9.17) is 9.47 Å². The summed E-state index contributed by atoms with van der Waals surface area (Å²) in [5.74, 6) is 1.17. The van der Waals surface area contributed by atoms with Gasteiger partial charge in [-0.05, 0) is 35.7 Å². The number of aldehydes is 1. The number of hydrogen-bond donors (Lipinski definition) is 0. The van der Waals surface area contributed by atoms with Crippen LogP contribution in [0.4, 0.5) is 0 Å². The van der Waals surface area contributed by atoms with E-state index in [1.807, 2.05) is 18.3 Å². The zero-order valence-corrected chi connectivity index (χ0v) is 12.6. The number of pyridine rings is 1. The fourth-order valence-corrected chi connectivity index (χ4v) is 2.16. The first-order valence-electron chi connectivity index (χ1n) is 6.85. The van der Waals surface area contributed by atoms with E-state index in [2.05, 4.69) is 18.0 Å². The first-order valence-corrected chi connectivity index (χ1v) is 6.85. The van der Waals surface area contributed by atoms with Gasteiger partial charge in [0, 0.05) is 23.9 Å². The molecule has 1 aromatic heterocycles. The average Bonchev–Trinajstić information content (AvgIpc) is 2.55. The van der Waals surface area contributed by atoms with E-state index in [0.717, 1.165) is 24.0 Å². The first-order chi connectivity index (χ1) is 10.2. The minimum Gasteiger partial charge on any atom is -0.493 e. The van der Waals surface area contributed by atoms with E-state index in [9.17, 15) is 4.79 Å². The summed E-state index contributed by atoms with van der Waals surface area (Å²) in [6, 6.07) is 7.58. The molecule has 0 aliphatic heterocycles. The van der Waals surface area contributed by atoms with Gasteiger partial charge < -0.3 is 9.47 Å². The fourth-order valence-electron chi connectivity index (χ4n) is 2.16. The first kappa shape index (κ1) is 15.0. The Labute approximate surface area is 124 Å². The lowest BCUT2D eigenvalue weighted by atomic mass is 10.0. The van der Waals surface area contributed by atoms with Crippen LogP contribution in [-0.4, -0.2) is 25.5 Å². The highest BCUT2D eigenvalue weighted by atomic mass is 16.5. The largest absolute Gasteiger partial charge is 0.493 e. The standard InChI is InChI=1S/C17H19NO3/c1-4-12-5-6-15(18-10-12)7-13-8-16(20-2)17(21-3)9-14(13)11-19/h5-6,8-11H,4,7H2,1-3H3. The Bertz CT molecular complexity index is 621. The lowest BCUT2D eigenvalue weighted by molar-refractivity contribution is 0.112. The van der Waals surface area contributed by atoms with E-state index < -0.39 is 0 Å². The normalized spacial score (nSPS) is 10.2. The Balaban J connectivity index is 2.35. The van der Waals surface area contributed by atoms with Crippen LogP contribution in [0.5, 0.6) is 11.5 Å². The molecule has 21 heavy (non-hydrogen) atoms. The van der Waals surface area contributed by atoms with Crippen LogP contribution in [-0.2, 0) is 12.8 Å². The molecule has 0 aliphatic carbocycles. The van der Waals surface area contributed by atoms with Gasteiger partial charge in [-0.25, -0.2) is 0 Å². The molecule has 4 nitrogen and oxygen atoms in total. The second-order valence-corrected chi connectivity index (χ2v) is 4.71. The van der Waals surface area contributed by atoms with Crippen LogP contribution in [0.3, 0.4) is 0 Å². The van der Waals surface area contributed by atoms with Crippen molar-refractivity contribution in [1.82, 2.24) is 4.98 Å². The minimum atomic E-state index is 0.553. The van der Waals surface area contributed by atoms with Crippen molar-refractivity contribution in [2.45, 2.75) is 19.8 Å². The number of benzene rings is 1. The van der Waals surface area contributed by atoms with Crippen LogP contribution in [0.15, 0.2) is 30.5 Å². The van der Waals surface area contributed by atoms with Crippen LogP contribution in [0.25, 0.3) is 0 Å². The highest BCUT2D eigenvalue weighted by Gasteiger charge is 2.11. The van der Waals surface area contributed by atoms with Gasteiger partial charge in [-0.1, -0.05) is 13.0 Å². The van der Waals surface area contributed by atoms with Gasteiger partial charge in [0.2, 0.25) is 0 Å². The zero-order valence-electron chi connectivity index (χ0n) is 12.6. The van der Waals surface area contributed by atoms with Crippen molar-refractivity contribution in [3.8, 4) is 11.5 Å². The van der Waals surface area contributed by atoms with Gasteiger partial charge in [-0.3, -0.25) is 9.78 Å². The summed E-state index contributed by atoms with van der Waals surface area (Å²) in [7, 11) is 3.13. The highest BCUT2D eigenvalue weighted by molar-refractivity contribution is 5.79. The maximum Gasteiger partial charge on any atom is 0.161 e. The molecule has 2 rings (SSSR count). The topological polar surface area (TPSA) is 48.4 Å². The maximum absolute atomic E-state index is 11.3. The van der Waals surface area contributed by atoms with Crippen molar-refractivity contribution in [3.63, 3.8) is 0 Å². The molecule has 0 saturated carbocycles. The molecule has 0 aliphatic rings. The molecule has 0 saturated heterocycles. The summed E-state index contributed by atoms with van der Waals surface area (Å²) in [6.45, 7) is 2.09. The van der Waals surface area contributed by atoms with Gasteiger partial charge in [0.15, 0.2) is 11.5 Å². The van der Waals surface area contributed by atoms with Crippen molar-refractivity contribution in [1.29, 1.82) is 0 Å². The molecule has 110 valence electrons. The predicted octanol–water partition coefficient (Wildman–Crippen LogP) is 3.06. The molecule has 1 heterocycles. The molecule has 4 heteroatoms. The molecular formula is C17H19NO3. The molecule has 0 amide bonds. The van der Waals surface area contributed by atoms with Crippen molar-refractivity contribution in [2.75, 3.05) is 14.2 Å². The molecule has 0 N–H and O–H groups in total. The molecular weight excluding hydrogens is 266 g/mol. The SMILES string of the molecule is CCc1ccc(Cc2cc(OC)c(OC)cc2C=O)nc1. The smallest absolute Gasteiger partial charge is 0.161 e. The van der Waals surface area contributed by atoms with Gasteiger partial charge in [0.25, 0.3) is 0 Å². The molecule has 0 bridgehead atoms. The molecule has 0 unspecified atom stereocenters. The number of carbonyl (C=O) groups excluding carboxylic acids is 1. The lowest BCUT2D eigenvalue weighted by Gasteiger charge is -2.12. The summed E-state index contributed by atoms with van der Waals surface area (Å²) in [5, 5.41) is 0. The third-order valence-electron chi connectivity index (χ3n) is 3.44. The Kier molecular flexibility index (Phi) is 4.93. The number of rotatable bonds is 6. The monoisotopic (exact) mass is 285 g/mol. The number of aromatic nitrogens is 1. The van der Waals surface area contributed by atoms with Gasteiger partial charge in [-0.2, -0.15) is 0 Å². The average molecular weight is 285 g/mol. The van der Waals surface area contributed by atoms with Gasteiger partial charge in [0.05, 0.1) is 14.2 Å². The van der Waals surface area contributed by atoms with Gasteiger partial charge in [-0.15, -0.1) is 0 Å². The maximum atomic E-state index is 11.3. The summed E-state index contributed by atoms with van der Waals surface area (Å²) in [5.41, 5.74) is 3.58. The van der Waals surface area contributed by atoms with Crippen molar-refractivity contribution in [3.05, 3.63) is 52.8 Å². The third kappa shape index (κ3) is 3.40. The van der Waals surface area contributed by atoms with E-state index in [-0.39, 0.29) is 0 Å². The molecule has 0 fully saturated rings. The number of nitrogens with zero attached hydrogens (tertiary/aromatic N) is 1. The Hall–Kier alpha value is -2.36. The molecule has 0 spiro atoms. The fraction of sp³-hybridized carbons (Fsp3) is 0.294.